The second-order valence-electron chi connectivity index (χ2n) is 4.58. The third kappa shape index (κ3) is 4.55. The molecule has 0 saturated heterocycles. The van der Waals surface area contributed by atoms with Crippen LogP contribution < -0.4 is 5.32 Å². The van der Waals surface area contributed by atoms with Crippen LogP contribution in [0, 0.1) is 18.6 Å². The summed E-state index contributed by atoms with van der Waals surface area (Å²) in [6, 6.07) is 2.45. The molecule has 19 heavy (non-hydrogen) atoms. The summed E-state index contributed by atoms with van der Waals surface area (Å²) >= 11 is 0. The van der Waals surface area contributed by atoms with E-state index in [0.717, 1.165) is 13.0 Å². The Kier molecular flexibility index (Phi) is 6.95. The summed E-state index contributed by atoms with van der Waals surface area (Å²) in [6.45, 7) is 7.41. The highest BCUT2D eigenvalue weighted by Crippen LogP contribution is 2.25. The van der Waals surface area contributed by atoms with Gasteiger partial charge in [-0.15, -0.1) is 0 Å². The van der Waals surface area contributed by atoms with Crippen molar-refractivity contribution in [2.24, 2.45) is 0 Å². The number of ether oxygens (including phenoxy) is 1. The third-order valence-electron chi connectivity index (χ3n) is 3.06. The molecule has 1 aromatic carbocycles. The number of benzene rings is 1. The van der Waals surface area contributed by atoms with Crippen molar-refractivity contribution in [2.45, 2.75) is 39.7 Å². The number of nitrogens with one attached hydrogen (secondary N) is 1. The summed E-state index contributed by atoms with van der Waals surface area (Å²) in [7, 11) is 0. The number of aryl methyl sites for hydroxylation is 1. The number of halogens is 2. The Bertz CT molecular complexity index is 396. The van der Waals surface area contributed by atoms with Crippen molar-refractivity contribution in [2.75, 3.05) is 19.8 Å². The van der Waals surface area contributed by atoms with Gasteiger partial charge >= 0.3 is 0 Å². The van der Waals surface area contributed by atoms with E-state index < -0.39 is 11.6 Å². The molecule has 0 heterocycles. The zero-order valence-corrected chi connectivity index (χ0v) is 11.9. The lowest BCUT2D eigenvalue weighted by Crippen LogP contribution is -2.25. The molecular weight excluding hydrogens is 248 g/mol. The van der Waals surface area contributed by atoms with Crippen molar-refractivity contribution in [3.05, 3.63) is 34.9 Å². The Balaban J connectivity index is 2.92. The average Bonchev–Trinajstić information content (AvgIpc) is 2.40. The molecule has 108 valence electrons. The first-order valence-corrected chi connectivity index (χ1v) is 6.87. The van der Waals surface area contributed by atoms with Gasteiger partial charge in [0, 0.05) is 24.8 Å². The van der Waals surface area contributed by atoms with E-state index in [0.29, 0.717) is 25.2 Å². The van der Waals surface area contributed by atoms with E-state index in [1.54, 1.807) is 6.92 Å². The third-order valence-corrected chi connectivity index (χ3v) is 3.06. The predicted molar refractivity (Wildman–Crippen MR) is 73.2 cm³/mol. The minimum absolute atomic E-state index is 0.133. The molecule has 1 aromatic rings. The van der Waals surface area contributed by atoms with E-state index in [4.69, 9.17) is 4.74 Å². The quantitative estimate of drug-likeness (QED) is 0.727. The van der Waals surface area contributed by atoms with Crippen LogP contribution in [0.1, 0.15) is 43.9 Å². The lowest BCUT2D eigenvalue weighted by molar-refractivity contribution is 0.135. The lowest BCUT2D eigenvalue weighted by atomic mass is 10.00. The first kappa shape index (κ1) is 16.1. The standard InChI is InChI=1S/C15H23F2NO/c1-4-9-18-13(8-10-19-5-2)14-12(16)7-6-11(3)15(14)17/h6-7,13,18H,4-5,8-10H2,1-3H3. The van der Waals surface area contributed by atoms with Gasteiger partial charge in [0.2, 0.25) is 0 Å². The topological polar surface area (TPSA) is 21.3 Å². The van der Waals surface area contributed by atoms with E-state index in [2.05, 4.69) is 5.32 Å². The Labute approximate surface area is 114 Å². The first-order valence-electron chi connectivity index (χ1n) is 6.87. The highest BCUT2D eigenvalue weighted by molar-refractivity contribution is 5.29. The Morgan fingerprint density at radius 1 is 1.26 bits per heavy atom. The lowest BCUT2D eigenvalue weighted by Gasteiger charge is -2.21. The van der Waals surface area contributed by atoms with Crippen molar-refractivity contribution in [3.8, 4) is 0 Å². The molecule has 0 aliphatic heterocycles. The molecule has 0 spiro atoms. The largest absolute Gasteiger partial charge is 0.382 e. The molecule has 1 rings (SSSR count). The van der Waals surface area contributed by atoms with Gasteiger partial charge < -0.3 is 10.1 Å². The molecule has 0 fully saturated rings. The second kappa shape index (κ2) is 8.23. The van der Waals surface area contributed by atoms with Crippen LogP contribution in [-0.4, -0.2) is 19.8 Å². The van der Waals surface area contributed by atoms with Crippen LogP contribution in [0.25, 0.3) is 0 Å². The molecule has 1 unspecified atom stereocenters. The second-order valence-corrected chi connectivity index (χ2v) is 4.58. The molecule has 1 atom stereocenters. The highest BCUT2D eigenvalue weighted by atomic mass is 19.1. The summed E-state index contributed by atoms with van der Waals surface area (Å²) in [5, 5.41) is 3.19. The molecule has 0 aromatic heterocycles. The fourth-order valence-corrected chi connectivity index (χ4v) is 2.01. The SMILES string of the molecule is CCCNC(CCOCC)c1c(F)ccc(C)c1F. The first-order chi connectivity index (χ1) is 9.11. The van der Waals surface area contributed by atoms with Crippen LogP contribution in [0.3, 0.4) is 0 Å². The molecule has 0 aliphatic rings. The van der Waals surface area contributed by atoms with Crippen LogP contribution in [0.2, 0.25) is 0 Å². The summed E-state index contributed by atoms with van der Waals surface area (Å²) in [5.41, 5.74) is 0.601. The van der Waals surface area contributed by atoms with Gasteiger partial charge in [0.15, 0.2) is 0 Å². The van der Waals surface area contributed by atoms with Gasteiger partial charge in [0.05, 0.1) is 0 Å². The van der Waals surface area contributed by atoms with Crippen LogP contribution >= 0.6 is 0 Å². The van der Waals surface area contributed by atoms with Gasteiger partial charge in [-0.05, 0) is 44.9 Å². The number of hydrogen-bond acceptors (Lipinski definition) is 2. The van der Waals surface area contributed by atoms with Gasteiger partial charge in [-0.25, -0.2) is 8.78 Å². The summed E-state index contributed by atoms with van der Waals surface area (Å²) in [4.78, 5) is 0. The van der Waals surface area contributed by atoms with Crippen molar-refractivity contribution in [3.63, 3.8) is 0 Å². The van der Waals surface area contributed by atoms with E-state index in [1.807, 2.05) is 13.8 Å². The Hall–Kier alpha value is -1.00. The molecule has 4 heteroatoms. The van der Waals surface area contributed by atoms with E-state index in [9.17, 15) is 8.78 Å². The summed E-state index contributed by atoms with van der Waals surface area (Å²) in [6.07, 6.45) is 1.48. The maximum Gasteiger partial charge on any atom is 0.133 e. The zero-order chi connectivity index (χ0) is 14.3. The number of rotatable bonds is 8. The van der Waals surface area contributed by atoms with Crippen LogP contribution in [0.15, 0.2) is 12.1 Å². The minimum Gasteiger partial charge on any atom is -0.382 e. The molecule has 0 aliphatic carbocycles. The molecule has 0 bridgehead atoms. The maximum atomic E-state index is 14.1. The molecule has 0 saturated carbocycles. The Morgan fingerprint density at radius 3 is 2.63 bits per heavy atom. The van der Waals surface area contributed by atoms with E-state index in [1.165, 1.54) is 12.1 Å². The van der Waals surface area contributed by atoms with Crippen molar-refractivity contribution >= 4 is 0 Å². The van der Waals surface area contributed by atoms with E-state index >= 15 is 0 Å². The van der Waals surface area contributed by atoms with Crippen LogP contribution in [-0.2, 0) is 4.74 Å². The van der Waals surface area contributed by atoms with Crippen molar-refractivity contribution in [1.29, 1.82) is 0 Å². The van der Waals surface area contributed by atoms with Crippen molar-refractivity contribution in [1.82, 2.24) is 5.32 Å². The van der Waals surface area contributed by atoms with Gasteiger partial charge in [-0.2, -0.15) is 0 Å². The molecule has 1 N–H and O–H groups in total. The van der Waals surface area contributed by atoms with Gasteiger partial charge in [0.1, 0.15) is 11.6 Å². The van der Waals surface area contributed by atoms with Crippen LogP contribution in [0.4, 0.5) is 8.78 Å². The van der Waals surface area contributed by atoms with Crippen molar-refractivity contribution < 1.29 is 13.5 Å². The fourth-order valence-electron chi connectivity index (χ4n) is 2.01. The van der Waals surface area contributed by atoms with Crippen LogP contribution in [0.5, 0.6) is 0 Å². The zero-order valence-electron chi connectivity index (χ0n) is 11.9. The maximum absolute atomic E-state index is 14.1. The van der Waals surface area contributed by atoms with Gasteiger partial charge in [-0.1, -0.05) is 13.0 Å². The summed E-state index contributed by atoms with van der Waals surface area (Å²) < 4.78 is 33.3. The minimum atomic E-state index is -0.492. The number of hydrogen-bond donors (Lipinski definition) is 1. The summed E-state index contributed by atoms with van der Waals surface area (Å²) in [5.74, 6) is -0.946. The monoisotopic (exact) mass is 271 g/mol. The van der Waals surface area contributed by atoms with Gasteiger partial charge in [-0.3, -0.25) is 0 Å². The van der Waals surface area contributed by atoms with E-state index in [-0.39, 0.29) is 11.6 Å². The fraction of sp³-hybridized carbons (Fsp3) is 0.600. The highest BCUT2D eigenvalue weighted by Gasteiger charge is 2.20. The normalized spacial score (nSPS) is 12.7. The molecule has 0 amide bonds. The Morgan fingerprint density at radius 2 is 2.00 bits per heavy atom. The average molecular weight is 271 g/mol. The molecular formula is C15H23F2NO. The molecule has 2 nitrogen and oxygen atoms in total. The molecule has 0 radical (unpaired) electrons. The van der Waals surface area contributed by atoms with Gasteiger partial charge in [0.25, 0.3) is 0 Å². The predicted octanol–water partition coefficient (Wildman–Crippen LogP) is 3.74. The smallest absolute Gasteiger partial charge is 0.133 e.